The minimum atomic E-state index is 0.435. The Hall–Kier alpha value is -3.08. The van der Waals surface area contributed by atoms with E-state index >= 15 is 0 Å². The maximum absolute atomic E-state index is 5.89. The van der Waals surface area contributed by atoms with Gasteiger partial charge in [0.1, 0.15) is 17.5 Å². The molecule has 0 fully saturated rings. The fourth-order valence-corrected chi connectivity index (χ4v) is 2.31. The van der Waals surface area contributed by atoms with E-state index in [4.69, 9.17) is 11.5 Å². The summed E-state index contributed by atoms with van der Waals surface area (Å²) in [6.07, 6.45) is 2.54. The molecule has 1 aromatic carbocycles. The maximum atomic E-state index is 5.89. The highest BCUT2D eigenvalue weighted by molar-refractivity contribution is 5.48. The third-order valence-corrected chi connectivity index (χ3v) is 3.57. The van der Waals surface area contributed by atoms with E-state index in [2.05, 4.69) is 27.4 Å². The number of rotatable bonds is 5. The normalized spacial score (nSPS) is 10.4. The molecule has 5 nitrogen and oxygen atoms in total. The zero-order valence-electron chi connectivity index (χ0n) is 12.7. The van der Waals surface area contributed by atoms with Crippen molar-refractivity contribution in [1.82, 2.24) is 9.97 Å². The second-order valence-corrected chi connectivity index (χ2v) is 5.35. The van der Waals surface area contributed by atoms with Crippen LogP contribution in [0.5, 0.6) is 0 Å². The summed E-state index contributed by atoms with van der Waals surface area (Å²) in [6, 6.07) is 17.9. The first-order chi connectivity index (χ1) is 11.2. The van der Waals surface area contributed by atoms with Crippen molar-refractivity contribution in [2.45, 2.75) is 13.0 Å². The number of benzene rings is 1. The van der Waals surface area contributed by atoms with Gasteiger partial charge in [-0.2, -0.15) is 0 Å². The van der Waals surface area contributed by atoms with Crippen LogP contribution in [0.3, 0.4) is 0 Å². The average Bonchev–Trinajstić information content (AvgIpc) is 2.58. The average molecular weight is 305 g/mol. The fraction of sp³-hybridized carbons (Fsp3) is 0.111. The summed E-state index contributed by atoms with van der Waals surface area (Å²) >= 11 is 0. The molecule has 23 heavy (non-hydrogen) atoms. The van der Waals surface area contributed by atoms with Gasteiger partial charge in [0.25, 0.3) is 0 Å². The zero-order chi connectivity index (χ0) is 16.1. The molecule has 2 aromatic heterocycles. The topological polar surface area (TPSA) is 89.8 Å². The van der Waals surface area contributed by atoms with Gasteiger partial charge in [-0.25, -0.2) is 9.97 Å². The van der Waals surface area contributed by atoms with Crippen molar-refractivity contribution in [3.8, 4) is 0 Å². The number of hydrogen-bond acceptors (Lipinski definition) is 5. The minimum absolute atomic E-state index is 0.435. The van der Waals surface area contributed by atoms with Crippen molar-refractivity contribution in [2.24, 2.45) is 0 Å². The molecule has 0 aliphatic carbocycles. The number of aromatic nitrogens is 2. The Morgan fingerprint density at radius 2 is 1.70 bits per heavy atom. The number of nitrogen functional groups attached to an aromatic ring is 2. The van der Waals surface area contributed by atoms with Gasteiger partial charge in [-0.05, 0) is 28.8 Å². The van der Waals surface area contributed by atoms with E-state index in [0.29, 0.717) is 18.1 Å². The van der Waals surface area contributed by atoms with Gasteiger partial charge >= 0.3 is 0 Å². The lowest BCUT2D eigenvalue weighted by Gasteiger charge is -2.08. The number of anilines is 3. The third kappa shape index (κ3) is 3.97. The Balaban J connectivity index is 1.63. The molecular weight excluding hydrogens is 286 g/mol. The standard InChI is InChI=1S/C18H19N5/c19-16-8-7-15(18(20)23-16)10-14-6-9-17(22-12-14)21-11-13-4-2-1-3-5-13/h1-9,12H,10-11H2,(H,21,22)(H4,19,20,23). The molecule has 3 aromatic rings. The van der Waals surface area contributed by atoms with Crippen LogP contribution in [0, 0.1) is 0 Å². The SMILES string of the molecule is Nc1ccc(Cc2ccc(NCc3ccccc3)nc2)c(N)n1. The van der Waals surface area contributed by atoms with Gasteiger partial charge in [0.2, 0.25) is 0 Å². The summed E-state index contributed by atoms with van der Waals surface area (Å²) in [5.41, 5.74) is 14.7. The second-order valence-electron chi connectivity index (χ2n) is 5.35. The molecule has 0 radical (unpaired) electrons. The van der Waals surface area contributed by atoms with E-state index in [-0.39, 0.29) is 0 Å². The number of nitrogens with one attached hydrogen (secondary N) is 1. The predicted molar refractivity (Wildman–Crippen MR) is 93.9 cm³/mol. The van der Waals surface area contributed by atoms with Gasteiger partial charge in [0.05, 0.1) is 0 Å². The highest BCUT2D eigenvalue weighted by Crippen LogP contribution is 2.16. The van der Waals surface area contributed by atoms with Crippen molar-refractivity contribution in [1.29, 1.82) is 0 Å². The molecule has 0 bridgehead atoms. The Morgan fingerprint density at radius 3 is 2.39 bits per heavy atom. The molecule has 0 aliphatic rings. The van der Waals surface area contributed by atoms with Crippen molar-refractivity contribution in [2.75, 3.05) is 16.8 Å². The van der Waals surface area contributed by atoms with Crippen LogP contribution in [-0.2, 0) is 13.0 Å². The van der Waals surface area contributed by atoms with Crippen molar-refractivity contribution >= 4 is 17.5 Å². The molecule has 0 unspecified atom stereocenters. The summed E-state index contributed by atoms with van der Waals surface area (Å²) < 4.78 is 0. The van der Waals surface area contributed by atoms with Crippen LogP contribution in [0.1, 0.15) is 16.7 Å². The minimum Gasteiger partial charge on any atom is -0.384 e. The maximum Gasteiger partial charge on any atom is 0.129 e. The van der Waals surface area contributed by atoms with Crippen LogP contribution >= 0.6 is 0 Å². The lowest BCUT2D eigenvalue weighted by Crippen LogP contribution is -2.03. The Bertz CT molecular complexity index is 769. The predicted octanol–water partition coefficient (Wildman–Crippen LogP) is 2.84. The molecule has 116 valence electrons. The molecule has 0 atom stereocenters. The van der Waals surface area contributed by atoms with Crippen LogP contribution in [-0.4, -0.2) is 9.97 Å². The molecule has 2 heterocycles. The molecule has 0 aliphatic heterocycles. The van der Waals surface area contributed by atoms with Gasteiger partial charge < -0.3 is 16.8 Å². The lowest BCUT2D eigenvalue weighted by molar-refractivity contribution is 1.08. The number of nitrogens with zero attached hydrogens (tertiary/aromatic N) is 2. The lowest BCUT2D eigenvalue weighted by atomic mass is 10.1. The first-order valence-corrected chi connectivity index (χ1v) is 7.44. The molecule has 0 spiro atoms. The molecule has 5 N–H and O–H groups in total. The van der Waals surface area contributed by atoms with E-state index in [9.17, 15) is 0 Å². The van der Waals surface area contributed by atoms with Crippen LogP contribution in [0.2, 0.25) is 0 Å². The summed E-state index contributed by atoms with van der Waals surface area (Å²) in [4.78, 5) is 8.51. The van der Waals surface area contributed by atoms with Gasteiger partial charge in [0, 0.05) is 19.2 Å². The molecule has 5 heteroatoms. The zero-order valence-corrected chi connectivity index (χ0v) is 12.7. The Morgan fingerprint density at radius 1 is 0.870 bits per heavy atom. The highest BCUT2D eigenvalue weighted by atomic mass is 15.0. The Kier molecular flexibility index (Phi) is 4.38. The highest BCUT2D eigenvalue weighted by Gasteiger charge is 2.04. The number of nitrogens with two attached hydrogens (primary N) is 2. The van der Waals surface area contributed by atoms with E-state index in [1.165, 1.54) is 5.56 Å². The van der Waals surface area contributed by atoms with Crippen molar-refractivity contribution in [3.63, 3.8) is 0 Å². The largest absolute Gasteiger partial charge is 0.384 e. The quantitative estimate of drug-likeness (QED) is 0.674. The van der Waals surface area contributed by atoms with Crippen molar-refractivity contribution < 1.29 is 0 Å². The summed E-state index contributed by atoms with van der Waals surface area (Å²) in [5, 5.41) is 3.31. The molecule has 0 saturated carbocycles. The first-order valence-electron chi connectivity index (χ1n) is 7.44. The summed E-state index contributed by atoms with van der Waals surface area (Å²) in [6.45, 7) is 0.752. The third-order valence-electron chi connectivity index (χ3n) is 3.57. The van der Waals surface area contributed by atoms with Gasteiger partial charge in [-0.1, -0.05) is 42.5 Å². The number of pyridine rings is 2. The van der Waals surface area contributed by atoms with Gasteiger partial charge in [-0.15, -0.1) is 0 Å². The number of hydrogen-bond donors (Lipinski definition) is 3. The van der Waals surface area contributed by atoms with Crippen LogP contribution in [0.4, 0.5) is 17.5 Å². The van der Waals surface area contributed by atoms with E-state index in [0.717, 1.165) is 23.5 Å². The van der Waals surface area contributed by atoms with Gasteiger partial charge in [-0.3, -0.25) is 0 Å². The van der Waals surface area contributed by atoms with E-state index in [1.807, 2.05) is 42.6 Å². The van der Waals surface area contributed by atoms with Gasteiger partial charge in [0.15, 0.2) is 0 Å². The van der Waals surface area contributed by atoms with Crippen molar-refractivity contribution in [3.05, 3.63) is 77.5 Å². The van der Waals surface area contributed by atoms with Crippen LogP contribution < -0.4 is 16.8 Å². The monoisotopic (exact) mass is 305 g/mol. The second kappa shape index (κ2) is 6.79. The molecule has 3 rings (SSSR count). The summed E-state index contributed by atoms with van der Waals surface area (Å²) in [5.74, 6) is 1.75. The molecule has 0 amide bonds. The Labute approximate surface area is 135 Å². The van der Waals surface area contributed by atoms with Crippen LogP contribution in [0.15, 0.2) is 60.8 Å². The molecular formula is C18H19N5. The first kappa shape index (κ1) is 14.8. The molecule has 0 saturated heterocycles. The van der Waals surface area contributed by atoms with E-state index in [1.54, 1.807) is 6.07 Å². The smallest absolute Gasteiger partial charge is 0.129 e. The summed E-state index contributed by atoms with van der Waals surface area (Å²) in [7, 11) is 0. The fourth-order valence-electron chi connectivity index (χ4n) is 2.31. The van der Waals surface area contributed by atoms with Crippen LogP contribution in [0.25, 0.3) is 0 Å². The van der Waals surface area contributed by atoms with E-state index < -0.39 is 0 Å².